The van der Waals surface area contributed by atoms with Gasteiger partial charge in [0.2, 0.25) is 0 Å². The second-order valence-corrected chi connectivity index (χ2v) is 5.61. The van der Waals surface area contributed by atoms with E-state index in [-0.39, 0.29) is 5.56 Å². The van der Waals surface area contributed by atoms with Crippen LogP contribution in [0.1, 0.15) is 29.6 Å². The van der Waals surface area contributed by atoms with Gasteiger partial charge >= 0.3 is 5.97 Å². The minimum atomic E-state index is -0.926. The van der Waals surface area contributed by atoms with Gasteiger partial charge in [0.05, 0.1) is 12.2 Å². The molecule has 0 amide bonds. The average molecular weight is 334 g/mol. The van der Waals surface area contributed by atoms with Crippen LogP contribution >= 0.6 is 11.6 Å². The summed E-state index contributed by atoms with van der Waals surface area (Å²) in [6.07, 6.45) is 3.08. The fourth-order valence-electron chi connectivity index (χ4n) is 2.09. The predicted molar refractivity (Wildman–Crippen MR) is 92.7 cm³/mol. The molecule has 0 aliphatic rings. The van der Waals surface area contributed by atoms with Gasteiger partial charge in [0.1, 0.15) is 5.75 Å². The number of hydrogen-bond acceptors (Lipinski definition) is 3. The van der Waals surface area contributed by atoms with Crippen molar-refractivity contribution in [2.45, 2.75) is 19.3 Å². The van der Waals surface area contributed by atoms with Crippen LogP contribution in [0.3, 0.4) is 0 Å². The molecule has 0 saturated carbocycles. The van der Waals surface area contributed by atoms with Crippen LogP contribution in [-0.2, 0) is 0 Å². The van der Waals surface area contributed by atoms with Crippen molar-refractivity contribution < 1.29 is 14.6 Å². The average Bonchev–Trinajstić information content (AvgIpc) is 2.56. The Kier molecular flexibility index (Phi) is 6.76. The van der Waals surface area contributed by atoms with Crippen molar-refractivity contribution >= 4 is 23.3 Å². The van der Waals surface area contributed by atoms with E-state index in [0.29, 0.717) is 12.4 Å². The molecule has 2 aromatic rings. The molecule has 0 unspecified atom stereocenters. The third kappa shape index (κ3) is 6.20. The molecule has 0 saturated heterocycles. The fraction of sp³-hybridized carbons (Fsp3) is 0.278. The van der Waals surface area contributed by atoms with E-state index in [1.165, 1.54) is 0 Å². The number of halogens is 1. The number of unbranched alkanes of at least 4 members (excludes halogenated alkanes) is 2. The standard InChI is InChI=1S/C18H20ClNO3/c19-15-6-8-16(9-7-15)20-12-2-1-3-13-23-17-10-4-14(5-11-17)18(21)22/h4-11,20H,1-3,12-13H2,(H,21,22). The molecular formula is C18H20ClNO3. The van der Waals surface area contributed by atoms with Gasteiger partial charge in [-0.1, -0.05) is 11.6 Å². The molecule has 2 aromatic carbocycles. The molecule has 2 N–H and O–H groups in total. The van der Waals surface area contributed by atoms with Gasteiger partial charge in [-0.3, -0.25) is 0 Å². The molecule has 0 bridgehead atoms. The highest BCUT2D eigenvalue weighted by Crippen LogP contribution is 2.14. The molecule has 0 heterocycles. The third-order valence-corrected chi connectivity index (χ3v) is 3.62. The lowest BCUT2D eigenvalue weighted by Gasteiger charge is -2.08. The summed E-state index contributed by atoms with van der Waals surface area (Å²) in [6.45, 7) is 1.54. The van der Waals surface area contributed by atoms with Crippen LogP contribution in [0.2, 0.25) is 5.02 Å². The van der Waals surface area contributed by atoms with Gasteiger partial charge < -0.3 is 15.2 Å². The van der Waals surface area contributed by atoms with E-state index >= 15 is 0 Å². The Morgan fingerprint density at radius 1 is 1.00 bits per heavy atom. The molecule has 0 aliphatic heterocycles. The van der Waals surface area contributed by atoms with E-state index in [0.717, 1.165) is 36.5 Å². The van der Waals surface area contributed by atoms with Crippen LogP contribution in [0.15, 0.2) is 48.5 Å². The third-order valence-electron chi connectivity index (χ3n) is 3.36. The zero-order chi connectivity index (χ0) is 16.5. The second-order valence-electron chi connectivity index (χ2n) is 5.17. The first kappa shape index (κ1) is 17.2. The summed E-state index contributed by atoms with van der Waals surface area (Å²) >= 11 is 5.83. The number of carbonyl (C=O) groups is 1. The second kappa shape index (κ2) is 9.06. The van der Waals surface area contributed by atoms with Crippen LogP contribution in [0, 0.1) is 0 Å². The molecule has 2 rings (SSSR count). The minimum absolute atomic E-state index is 0.269. The Labute approximate surface area is 141 Å². The van der Waals surface area contributed by atoms with Gasteiger partial charge in [0, 0.05) is 17.3 Å². The molecule has 4 nitrogen and oxygen atoms in total. The first-order chi connectivity index (χ1) is 11.1. The molecular weight excluding hydrogens is 314 g/mol. The van der Waals surface area contributed by atoms with Gasteiger partial charge in [-0.05, 0) is 67.8 Å². The van der Waals surface area contributed by atoms with E-state index in [9.17, 15) is 4.79 Å². The van der Waals surface area contributed by atoms with E-state index in [2.05, 4.69) is 5.32 Å². The zero-order valence-corrected chi connectivity index (χ0v) is 13.6. The summed E-state index contributed by atoms with van der Waals surface area (Å²) in [5.41, 5.74) is 1.34. The molecule has 0 aromatic heterocycles. The van der Waals surface area contributed by atoms with Gasteiger partial charge in [0.15, 0.2) is 0 Å². The maximum Gasteiger partial charge on any atom is 0.335 e. The van der Waals surface area contributed by atoms with Crippen molar-refractivity contribution in [1.82, 2.24) is 0 Å². The Morgan fingerprint density at radius 3 is 2.35 bits per heavy atom. The number of anilines is 1. The summed E-state index contributed by atoms with van der Waals surface area (Å²) in [5.74, 6) is -0.223. The normalized spacial score (nSPS) is 10.3. The van der Waals surface area contributed by atoms with Crippen molar-refractivity contribution in [2.24, 2.45) is 0 Å². The maximum absolute atomic E-state index is 10.7. The Morgan fingerprint density at radius 2 is 1.70 bits per heavy atom. The van der Waals surface area contributed by atoms with Gasteiger partial charge in [-0.25, -0.2) is 4.79 Å². The number of rotatable bonds is 9. The number of benzene rings is 2. The number of aromatic carboxylic acids is 1. The van der Waals surface area contributed by atoms with Crippen molar-refractivity contribution in [3.63, 3.8) is 0 Å². The van der Waals surface area contributed by atoms with Gasteiger partial charge in [0.25, 0.3) is 0 Å². The fourth-order valence-corrected chi connectivity index (χ4v) is 2.21. The van der Waals surface area contributed by atoms with Gasteiger partial charge in [-0.15, -0.1) is 0 Å². The molecule has 0 radical (unpaired) electrons. The molecule has 122 valence electrons. The Bertz CT molecular complexity index is 611. The monoisotopic (exact) mass is 333 g/mol. The SMILES string of the molecule is O=C(O)c1ccc(OCCCCCNc2ccc(Cl)cc2)cc1. The van der Waals surface area contributed by atoms with Crippen molar-refractivity contribution in [2.75, 3.05) is 18.5 Å². The molecule has 23 heavy (non-hydrogen) atoms. The minimum Gasteiger partial charge on any atom is -0.494 e. The number of ether oxygens (including phenoxy) is 1. The Balaban J connectivity index is 1.55. The van der Waals surface area contributed by atoms with Crippen LogP contribution in [0.25, 0.3) is 0 Å². The summed E-state index contributed by atoms with van der Waals surface area (Å²) in [7, 11) is 0. The number of nitrogens with one attached hydrogen (secondary N) is 1. The first-order valence-electron chi connectivity index (χ1n) is 7.61. The smallest absolute Gasteiger partial charge is 0.335 e. The van der Waals surface area contributed by atoms with Crippen molar-refractivity contribution in [1.29, 1.82) is 0 Å². The maximum atomic E-state index is 10.7. The number of carboxylic acids is 1. The summed E-state index contributed by atoms with van der Waals surface area (Å²) in [4.78, 5) is 10.7. The van der Waals surface area contributed by atoms with Crippen LogP contribution in [0.4, 0.5) is 5.69 Å². The zero-order valence-electron chi connectivity index (χ0n) is 12.8. The molecule has 0 aliphatic carbocycles. The van der Waals surface area contributed by atoms with Crippen LogP contribution < -0.4 is 10.1 Å². The van der Waals surface area contributed by atoms with E-state index in [4.69, 9.17) is 21.4 Å². The summed E-state index contributed by atoms with van der Waals surface area (Å²) < 4.78 is 5.59. The molecule has 0 atom stereocenters. The van der Waals surface area contributed by atoms with Crippen LogP contribution in [0.5, 0.6) is 5.75 Å². The number of carboxylic acid groups (broad SMARTS) is 1. The van der Waals surface area contributed by atoms with Crippen molar-refractivity contribution in [3.8, 4) is 5.75 Å². The highest BCUT2D eigenvalue weighted by atomic mass is 35.5. The Hall–Kier alpha value is -2.20. The van der Waals surface area contributed by atoms with E-state index in [1.54, 1.807) is 24.3 Å². The van der Waals surface area contributed by atoms with E-state index < -0.39 is 5.97 Å². The molecule has 0 spiro atoms. The topological polar surface area (TPSA) is 58.6 Å². The predicted octanol–water partition coefficient (Wildman–Crippen LogP) is 4.70. The highest BCUT2D eigenvalue weighted by Gasteiger charge is 2.01. The van der Waals surface area contributed by atoms with Crippen molar-refractivity contribution in [3.05, 3.63) is 59.1 Å². The van der Waals surface area contributed by atoms with Crippen LogP contribution in [-0.4, -0.2) is 24.2 Å². The quantitative estimate of drug-likeness (QED) is 0.653. The molecule has 0 fully saturated rings. The lowest BCUT2D eigenvalue weighted by Crippen LogP contribution is -2.03. The van der Waals surface area contributed by atoms with E-state index in [1.807, 2.05) is 24.3 Å². The first-order valence-corrected chi connectivity index (χ1v) is 7.98. The number of hydrogen-bond donors (Lipinski definition) is 2. The summed E-state index contributed by atoms with van der Waals surface area (Å²) in [6, 6.07) is 14.1. The van der Waals surface area contributed by atoms with Gasteiger partial charge in [-0.2, -0.15) is 0 Å². The lowest BCUT2D eigenvalue weighted by atomic mass is 10.2. The molecule has 5 heteroatoms. The summed E-state index contributed by atoms with van der Waals surface area (Å²) in [5, 5.41) is 12.9. The lowest BCUT2D eigenvalue weighted by molar-refractivity contribution is 0.0697. The highest BCUT2D eigenvalue weighted by molar-refractivity contribution is 6.30. The largest absolute Gasteiger partial charge is 0.494 e.